The van der Waals surface area contributed by atoms with Crippen LogP contribution in [0.3, 0.4) is 0 Å². The molecule has 16 nitrogen and oxygen atoms in total. The van der Waals surface area contributed by atoms with Gasteiger partial charge in [-0.05, 0) is 0 Å². The first kappa shape index (κ1) is 33.9. The van der Waals surface area contributed by atoms with Crippen molar-refractivity contribution < 1.29 is 109 Å². The third-order valence-electron chi connectivity index (χ3n) is 0. The molecule has 0 saturated heterocycles. The third-order valence-corrected chi connectivity index (χ3v) is 0. The van der Waals surface area contributed by atoms with Crippen LogP contribution in [0.1, 0.15) is 2.85 Å². The van der Waals surface area contributed by atoms with Crippen LogP contribution in [-0.4, -0.2) is 44.0 Å². The van der Waals surface area contributed by atoms with Gasteiger partial charge in [-0.1, -0.05) is 0 Å². The Labute approximate surface area is 141 Å². The van der Waals surface area contributed by atoms with E-state index in [1.807, 2.05) is 0 Å². The first-order chi connectivity index (χ1) is 8.00. The molecule has 0 aromatic carbocycles. The maximum atomic E-state index is 8.88. The van der Waals surface area contributed by atoms with Crippen molar-refractivity contribution in [2.24, 2.45) is 0 Å². The van der Waals surface area contributed by atoms with Gasteiger partial charge in [-0.3, -0.25) is 13.7 Å². The fourth-order valence-electron chi connectivity index (χ4n) is 0. The van der Waals surface area contributed by atoms with Gasteiger partial charge in [0.05, 0.1) is 0 Å². The van der Waals surface area contributed by atoms with Gasteiger partial charge >= 0.3 is 40.2 Å². The van der Waals surface area contributed by atoms with Crippen molar-refractivity contribution in [3.05, 3.63) is 0 Å². The Hall–Kier alpha value is 1.44. The smallest absolute Gasteiger partial charge is 0.756 e. The molecule has 0 aliphatic carbocycles. The topological polar surface area (TPSA) is 320 Å². The van der Waals surface area contributed by atoms with Crippen LogP contribution in [0.15, 0.2) is 0 Å². The molecule has 0 saturated carbocycles. The van der Waals surface area contributed by atoms with Crippen molar-refractivity contribution in [2.45, 2.75) is 0 Å². The molecule has 0 spiro atoms. The van der Waals surface area contributed by atoms with E-state index in [2.05, 4.69) is 0 Å². The van der Waals surface area contributed by atoms with Crippen LogP contribution in [-0.2, 0) is 18.3 Å². The average molecular weight is 414 g/mol. The largest absolute Gasteiger partial charge is 1.00 e. The summed E-state index contributed by atoms with van der Waals surface area (Å²) < 4.78 is 35.2. The monoisotopic (exact) mass is 414 g/mol. The van der Waals surface area contributed by atoms with Crippen LogP contribution in [0, 0.1) is 0 Å². The summed E-state index contributed by atoms with van der Waals surface area (Å²) in [7, 11) is -19.3. The molecule has 9 N–H and O–H groups in total. The molecule has 0 bridgehead atoms. The van der Waals surface area contributed by atoms with E-state index >= 15 is 0 Å². The molecular weight excluding hydrogens is 403 g/mol. The van der Waals surface area contributed by atoms with Gasteiger partial charge in [-0.2, -0.15) is 0 Å². The van der Waals surface area contributed by atoms with Gasteiger partial charge in [0.25, 0.3) is 23.5 Å². The molecule has 0 heterocycles. The summed E-state index contributed by atoms with van der Waals surface area (Å²) in [5.74, 6) is 0. The Bertz CT molecular complexity index is 295. The van der Waals surface area contributed by atoms with Crippen LogP contribution >= 0.6 is 31.3 Å². The van der Waals surface area contributed by atoms with E-state index in [0.29, 0.717) is 0 Å². The first-order valence-corrected chi connectivity index (χ1v) is 9.23. The molecule has 0 unspecified atom stereocenters. The Balaban J connectivity index is -0.0000000284. The number of phosphoric acid groups is 4. The number of rotatable bonds is 0. The fraction of sp³-hybridized carbons (Fsp3) is 0. The number of hydrogen-bond acceptors (Lipinski definition) is 7. The van der Waals surface area contributed by atoms with Gasteiger partial charge in [0.1, 0.15) is 0 Å². The Kier molecular flexibility index (Phi) is 22.4. The van der Waals surface area contributed by atoms with Gasteiger partial charge < -0.3 is 58.7 Å². The standard InChI is InChI=1S/Na.4H3O4P/c;4*1-5(2,3)4/h;4*(H3,1,2,3,4)/q+1;;;;/p-1. The molecule has 0 fully saturated rings. The second-order valence-corrected chi connectivity index (χ2v) is 5.96. The predicted octanol–water partition coefficient (Wildman–Crippen LogP) is -8.38. The maximum absolute atomic E-state index is 8.88. The van der Waals surface area contributed by atoms with Gasteiger partial charge in [0.2, 0.25) is 0 Å². The van der Waals surface area contributed by atoms with Crippen molar-refractivity contribution in [3.63, 3.8) is 0 Å². The van der Waals surface area contributed by atoms with Gasteiger partial charge in [0, 0.05) is 0 Å². The summed E-state index contributed by atoms with van der Waals surface area (Å²) in [5, 5.41) is 0. The molecule has 0 aliphatic heterocycles. The van der Waals surface area contributed by atoms with E-state index in [0.717, 1.165) is 0 Å². The molecule has 0 aromatic heterocycles. The minimum absolute atomic E-state index is 0. The molecule has 21 heavy (non-hydrogen) atoms. The normalized spacial score (nSPS) is 11.2. The summed E-state index contributed by atoms with van der Waals surface area (Å²) in [6.45, 7) is 0. The van der Waals surface area contributed by atoms with Gasteiger partial charge in [-0.15, -0.1) is 0 Å². The second-order valence-electron chi connectivity index (χ2n) is 1.99. The zero-order chi connectivity index (χ0) is 18.0. The fourth-order valence-corrected chi connectivity index (χ4v) is 0. The summed E-state index contributed by atoms with van der Waals surface area (Å²) in [5.41, 5.74) is 0. The zero-order valence-electron chi connectivity index (χ0n) is 11.7. The van der Waals surface area contributed by atoms with Crippen LogP contribution in [0.25, 0.3) is 0 Å². The molecule has 0 atom stereocenters. The molecular formula is H11NaO16P4. The Morgan fingerprint density at radius 1 is 0.524 bits per heavy atom. The van der Waals surface area contributed by atoms with E-state index in [9.17, 15) is 0 Å². The van der Waals surface area contributed by atoms with E-state index in [1.165, 1.54) is 0 Å². The molecule has 128 valence electrons. The van der Waals surface area contributed by atoms with Crippen LogP contribution in [0.5, 0.6) is 0 Å². The van der Waals surface area contributed by atoms with Crippen LogP contribution in [0.4, 0.5) is 0 Å². The second kappa shape index (κ2) is 13.8. The van der Waals surface area contributed by atoms with Crippen molar-refractivity contribution >= 4 is 31.3 Å². The van der Waals surface area contributed by atoms with Crippen molar-refractivity contribution in [2.75, 3.05) is 0 Å². The first-order valence-electron chi connectivity index (χ1n) is 3.08. The minimum Gasteiger partial charge on any atom is -0.756 e. The molecule has 21 heteroatoms. The minimum atomic E-state index is -4.89. The zero-order valence-corrected chi connectivity index (χ0v) is 15.2. The van der Waals surface area contributed by atoms with Gasteiger partial charge in [0.15, 0.2) is 0 Å². The quantitative estimate of drug-likeness (QED) is 0.131. The molecule has 0 aromatic rings. The van der Waals surface area contributed by atoms with Gasteiger partial charge in [-0.25, -0.2) is 4.57 Å². The van der Waals surface area contributed by atoms with Crippen LogP contribution < -0.4 is 44.2 Å². The number of hydrogen-bond donors (Lipinski definition) is 9. The Morgan fingerprint density at radius 2 is 0.524 bits per heavy atom. The van der Waals surface area contributed by atoms with E-state index in [-0.39, 0.29) is 32.4 Å². The maximum Gasteiger partial charge on any atom is 1.00 e. The molecule has 0 amide bonds. The third kappa shape index (κ3) is 3910. The summed E-state index contributed by atoms with van der Waals surface area (Å²) >= 11 is 0. The average Bonchev–Trinajstić information content (AvgIpc) is 1.62. The van der Waals surface area contributed by atoms with Crippen molar-refractivity contribution in [1.29, 1.82) is 0 Å². The Morgan fingerprint density at radius 3 is 0.524 bits per heavy atom. The summed E-state index contributed by atoms with van der Waals surface area (Å²) in [6, 6.07) is 0. The van der Waals surface area contributed by atoms with Crippen molar-refractivity contribution in [3.8, 4) is 0 Å². The van der Waals surface area contributed by atoms with Crippen molar-refractivity contribution in [1.82, 2.24) is 0 Å². The predicted molar refractivity (Wildman–Crippen MR) is 52.6 cm³/mol. The van der Waals surface area contributed by atoms with E-state index < -0.39 is 31.3 Å². The molecule has 0 aliphatic rings. The SMILES string of the molecule is O=P(O)(O)O.O=P([O-])(O)O.O=P([O-])(O)O.O=P([O-])(O)O.[H+].[H+].[Na+]. The summed E-state index contributed by atoms with van der Waals surface area (Å²) in [6.07, 6.45) is 0. The van der Waals surface area contributed by atoms with Crippen LogP contribution in [0.2, 0.25) is 0 Å². The summed E-state index contributed by atoms with van der Waals surface area (Å²) in [4.78, 5) is 90.3. The van der Waals surface area contributed by atoms with E-state index in [1.54, 1.807) is 0 Å². The molecule has 0 rings (SSSR count). The van der Waals surface area contributed by atoms with E-state index in [4.69, 9.17) is 77.0 Å². The molecule has 0 radical (unpaired) electrons.